The van der Waals surface area contributed by atoms with Crippen LogP contribution in [0.2, 0.25) is 0 Å². The van der Waals surface area contributed by atoms with E-state index in [0.717, 1.165) is 25.0 Å². The summed E-state index contributed by atoms with van der Waals surface area (Å²) in [4.78, 5) is 21.6. The van der Waals surface area contributed by atoms with Crippen LogP contribution in [0.5, 0.6) is 0 Å². The molecule has 26 heavy (non-hydrogen) atoms. The van der Waals surface area contributed by atoms with E-state index in [2.05, 4.69) is 0 Å². The van der Waals surface area contributed by atoms with Crippen LogP contribution in [0.3, 0.4) is 0 Å². The number of rotatable bonds is 5. The highest BCUT2D eigenvalue weighted by Gasteiger charge is 2.27. The molecule has 136 valence electrons. The first-order valence-corrected chi connectivity index (χ1v) is 9.37. The van der Waals surface area contributed by atoms with Gasteiger partial charge in [0.1, 0.15) is 5.56 Å². The molecule has 0 aromatic heterocycles. The average Bonchev–Trinajstić information content (AvgIpc) is 3.16. The number of hydrogen-bond donors (Lipinski definition) is 1. The van der Waals surface area contributed by atoms with Gasteiger partial charge in [0, 0.05) is 19.2 Å². The zero-order valence-electron chi connectivity index (χ0n) is 13.7. The Morgan fingerprint density at radius 1 is 1.08 bits per heavy atom. The van der Waals surface area contributed by atoms with Crippen LogP contribution in [0.25, 0.3) is 11.1 Å². The average molecular weight is 376 g/mol. The van der Waals surface area contributed by atoms with E-state index in [-0.39, 0.29) is 4.90 Å². The van der Waals surface area contributed by atoms with Crippen LogP contribution in [0, 0.1) is 10.1 Å². The molecule has 0 atom stereocenters. The van der Waals surface area contributed by atoms with Gasteiger partial charge in [-0.25, -0.2) is 13.2 Å². The summed E-state index contributed by atoms with van der Waals surface area (Å²) in [6.45, 7) is 0.955. The van der Waals surface area contributed by atoms with E-state index in [1.807, 2.05) is 0 Å². The second-order valence-corrected chi connectivity index (χ2v) is 7.87. The smallest absolute Gasteiger partial charge is 0.342 e. The first-order valence-electron chi connectivity index (χ1n) is 7.93. The molecule has 0 radical (unpaired) electrons. The number of nitro benzene ring substituents is 1. The summed E-state index contributed by atoms with van der Waals surface area (Å²) in [5.41, 5.74) is -0.118. The number of hydrogen-bond acceptors (Lipinski definition) is 5. The lowest BCUT2D eigenvalue weighted by molar-refractivity contribution is -0.385. The van der Waals surface area contributed by atoms with Crippen LogP contribution in [-0.2, 0) is 10.0 Å². The largest absolute Gasteiger partial charge is 0.477 e. The Bertz CT molecular complexity index is 980. The van der Waals surface area contributed by atoms with E-state index >= 15 is 0 Å². The van der Waals surface area contributed by atoms with Crippen molar-refractivity contribution in [2.75, 3.05) is 13.1 Å². The number of carboxylic acids is 1. The Kier molecular flexibility index (Phi) is 4.75. The Balaban J connectivity index is 2.05. The summed E-state index contributed by atoms with van der Waals surface area (Å²) in [7, 11) is -3.61. The third kappa shape index (κ3) is 3.31. The van der Waals surface area contributed by atoms with Crippen LogP contribution in [0.4, 0.5) is 5.69 Å². The van der Waals surface area contributed by atoms with E-state index in [9.17, 15) is 23.3 Å². The number of sulfonamides is 1. The van der Waals surface area contributed by atoms with Gasteiger partial charge in [-0.05, 0) is 42.2 Å². The fraction of sp³-hybridized carbons (Fsp3) is 0.235. The predicted molar refractivity (Wildman–Crippen MR) is 93.5 cm³/mol. The topological polar surface area (TPSA) is 118 Å². The van der Waals surface area contributed by atoms with Crippen molar-refractivity contribution in [3.8, 4) is 11.1 Å². The summed E-state index contributed by atoms with van der Waals surface area (Å²) < 4.78 is 26.8. The molecule has 2 aromatic carbocycles. The van der Waals surface area contributed by atoms with E-state index in [4.69, 9.17) is 5.11 Å². The maximum atomic E-state index is 12.7. The lowest BCUT2D eigenvalue weighted by atomic mass is 10.0. The van der Waals surface area contributed by atoms with E-state index in [1.54, 1.807) is 12.1 Å². The Morgan fingerprint density at radius 3 is 2.35 bits per heavy atom. The molecule has 2 aromatic rings. The van der Waals surface area contributed by atoms with Crippen molar-refractivity contribution in [2.45, 2.75) is 17.7 Å². The molecule has 9 heteroatoms. The molecule has 1 heterocycles. The summed E-state index contributed by atoms with van der Waals surface area (Å²) in [6.07, 6.45) is 1.64. The van der Waals surface area contributed by atoms with Crippen molar-refractivity contribution in [2.24, 2.45) is 0 Å². The molecule has 1 N–H and O–H groups in total. The van der Waals surface area contributed by atoms with Crippen LogP contribution in [0.15, 0.2) is 47.4 Å². The Labute approximate surface area is 149 Å². The summed E-state index contributed by atoms with van der Waals surface area (Å²) >= 11 is 0. The monoisotopic (exact) mass is 376 g/mol. The number of nitrogens with zero attached hydrogens (tertiary/aromatic N) is 2. The van der Waals surface area contributed by atoms with Crippen LogP contribution in [-0.4, -0.2) is 41.8 Å². The van der Waals surface area contributed by atoms with Crippen molar-refractivity contribution >= 4 is 21.7 Å². The molecule has 1 saturated heterocycles. The highest BCUT2D eigenvalue weighted by molar-refractivity contribution is 7.89. The molecule has 0 amide bonds. The first kappa shape index (κ1) is 18.0. The van der Waals surface area contributed by atoms with E-state index in [0.29, 0.717) is 24.2 Å². The van der Waals surface area contributed by atoms with Gasteiger partial charge in [0.15, 0.2) is 0 Å². The van der Waals surface area contributed by atoms with Gasteiger partial charge in [-0.15, -0.1) is 0 Å². The molecule has 1 fully saturated rings. The van der Waals surface area contributed by atoms with Gasteiger partial charge < -0.3 is 5.11 Å². The quantitative estimate of drug-likeness (QED) is 0.633. The summed E-state index contributed by atoms with van der Waals surface area (Å²) in [6, 6.07) is 9.85. The molecule has 3 rings (SSSR count). The van der Waals surface area contributed by atoms with Crippen LogP contribution in [0.1, 0.15) is 23.2 Å². The molecule has 0 saturated carbocycles. The number of benzene rings is 2. The van der Waals surface area contributed by atoms with Gasteiger partial charge >= 0.3 is 5.97 Å². The minimum atomic E-state index is -3.61. The molecule has 0 unspecified atom stereocenters. The van der Waals surface area contributed by atoms with E-state index in [1.165, 1.54) is 22.5 Å². The fourth-order valence-corrected chi connectivity index (χ4v) is 4.52. The highest BCUT2D eigenvalue weighted by Crippen LogP contribution is 2.30. The fourth-order valence-electron chi connectivity index (χ4n) is 2.96. The second-order valence-electron chi connectivity index (χ2n) is 5.93. The van der Waals surface area contributed by atoms with Crippen LogP contribution >= 0.6 is 0 Å². The number of nitro groups is 1. The lowest BCUT2D eigenvalue weighted by Crippen LogP contribution is -2.27. The number of carboxylic acid groups (broad SMARTS) is 1. The molecule has 1 aliphatic rings. The molecule has 0 bridgehead atoms. The van der Waals surface area contributed by atoms with Crippen molar-refractivity contribution in [3.05, 3.63) is 58.1 Å². The van der Waals surface area contributed by atoms with Gasteiger partial charge in [0.05, 0.1) is 9.82 Å². The number of aromatic carboxylic acids is 1. The second kappa shape index (κ2) is 6.85. The maximum Gasteiger partial charge on any atom is 0.342 e. The maximum absolute atomic E-state index is 12.7. The molecule has 8 nitrogen and oxygen atoms in total. The van der Waals surface area contributed by atoms with Gasteiger partial charge in [-0.2, -0.15) is 4.31 Å². The van der Waals surface area contributed by atoms with Crippen LogP contribution < -0.4 is 0 Å². The number of carbonyl (C=O) groups is 1. The standard InChI is InChI=1S/C17H16N2O6S/c20-17(21)15-7-6-13(11-16(15)19(22)23)12-4-3-5-14(10-12)26(24,25)18-8-1-2-9-18/h3-7,10-11H,1-2,8-9H2,(H,20,21). The normalized spacial score (nSPS) is 15.1. The molecular formula is C17H16N2O6S. The third-order valence-corrected chi connectivity index (χ3v) is 6.19. The molecule has 0 aliphatic carbocycles. The third-order valence-electron chi connectivity index (χ3n) is 4.30. The predicted octanol–water partition coefficient (Wildman–Crippen LogP) is 2.74. The van der Waals surface area contributed by atoms with Crippen molar-refractivity contribution in [1.82, 2.24) is 4.31 Å². The van der Waals surface area contributed by atoms with Gasteiger partial charge in [0.2, 0.25) is 10.0 Å². The Hall–Kier alpha value is -2.78. The van der Waals surface area contributed by atoms with E-state index < -0.39 is 32.2 Å². The molecule has 1 aliphatic heterocycles. The summed E-state index contributed by atoms with van der Waals surface area (Å²) in [5, 5.41) is 20.2. The Morgan fingerprint density at radius 2 is 1.73 bits per heavy atom. The molecule has 0 spiro atoms. The minimum Gasteiger partial charge on any atom is -0.477 e. The van der Waals surface area contributed by atoms with Crippen molar-refractivity contribution in [1.29, 1.82) is 0 Å². The zero-order valence-corrected chi connectivity index (χ0v) is 14.5. The first-order chi connectivity index (χ1) is 12.3. The highest BCUT2D eigenvalue weighted by atomic mass is 32.2. The van der Waals surface area contributed by atoms with Gasteiger partial charge in [-0.1, -0.05) is 18.2 Å². The van der Waals surface area contributed by atoms with Crippen molar-refractivity contribution in [3.63, 3.8) is 0 Å². The van der Waals surface area contributed by atoms with Gasteiger partial charge in [0.25, 0.3) is 5.69 Å². The SMILES string of the molecule is O=C(O)c1ccc(-c2cccc(S(=O)(=O)N3CCCC3)c2)cc1[N+](=O)[O-]. The summed E-state index contributed by atoms with van der Waals surface area (Å²) in [5.74, 6) is -1.39. The lowest BCUT2D eigenvalue weighted by Gasteiger charge is -2.16. The zero-order chi connectivity index (χ0) is 18.9. The minimum absolute atomic E-state index is 0.113. The van der Waals surface area contributed by atoms with Crippen molar-refractivity contribution < 1.29 is 23.2 Å². The molecular weight excluding hydrogens is 360 g/mol. The van der Waals surface area contributed by atoms with Gasteiger partial charge in [-0.3, -0.25) is 10.1 Å².